The fraction of sp³-hybridized carbons (Fsp3) is 0.357. The largest absolute Gasteiger partial charge is 0.350 e. The average molecular weight is 364 g/mol. The minimum atomic E-state index is -3.41. The minimum absolute atomic E-state index is 0.178. The number of aromatic nitrogens is 1. The third-order valence-electron chi connectivity index (χ3n) is 3.00. The van der Waals surface area contributed by atoms with Crippen molar-refractivity contribution in [2.75, 3.05) is 13.2 Å². The van der Waals surface area contributed by atoms with E-state index in [1.807, 2.05) is 0 Å². The Morgan fingerprint density at radius 3 is 2.27 bits per heavy atom. The van der Waals surface area contributed by atoms with E-state index in [-0.39, 0.29) is 25.1 Å². The maximum atomic E-state index is 12.7. The maximum absolute atomic E-state index is 12.7. The van der Waals surface area contributed by atoms with Gasteiger partial charge in [0.2, 0.25) is 0 Å². The van der Waals surface area contributed by atoms with Crippen molar-refractivity contribution in [1.82, 2.24) is 4.57 Å². The molecule has 0 atom stereocenters. The Kier molecular flexibility index (Phi) is 5.70. The van der Waals surface area contributed by atoms with E-state index in [1.165, 1.54) is 10.6 Å². The van der Waals surface area contributed by atoms with Crippen LogP contribution in [0.4, 0.5) is 0 Å². The number of benzene rings is 1. The van der Waals surface area contributed by atoms with Crippen molar-refractivity contribution in [2.24, 2.45) is 0 Å². The first-order valence-electron chi connectivity index (χ1n) is 6.77. The van der Waals surface area contributed by atoms with Gasteiger partial charge in [0.05, 0.1) is 28.8 Å². The zero-order valence-corrected chi connectivity index (χ0v) is 14.6. The molecule has 0 amide bonds. The molecular weight excluding hydrogens is 348 g/mol. The second-order valence-electron chi connectivity index (χ2n) is 4.51. The monoisotopic (exact) mass is 363 g/mol. The summed E-state index contributed by atoms with van der Waals surface area (Å²) in [5.41, 5.74) is 0.215. The quantitative estimate of drug-likeness (QED) is 0.707. The molecule has 0 aliphatic rings. The third kappa shape index (κ3) is 3.73. The first-order chi connectivity index (χ1) is 10.4. The van der Waals surface area contributed by atoms with Crippen LogP contribution in [0.25, 0.3) is 10.9 Å². The highest BCUT2D eigenvalue weighted by Crippen LogP contribution is 2.49. The predicted molar refractivity (Wildman–Crippen MR) is 89.1 cm³/mol. The standard InChI is InChI=1S/C14H16Cl2NO4P/c1-3-20-22(19,21-4-2)9-17-13-8-12(16)11(15)7-10(13)5-6-14(17)18/h5-8H,3-4,9H2,1-2H3. The van der Waals surface area contributed by atoms with Gasteiger partial charge in [0, 0.05) is 11.5 Å². The molecule has 1 aromatic heterocycles. The highest BCUT2D eigenvalue weighted by molar-refractivity contribution is 7.52. The SMILES string of the molecule is CCOP(=O)(Cn1c(=O)ccc2cc(Cl)c(Cl)cc21)OCC. The number of fused-ring (bicyclic) bond motifs is 1. The lowest BCUT2D eigenvalue weighted by Gasteiger charge is -2.19. The second kappa shape index (κ2) is 7.16. The second-order valence-corrected chi connectivity index (χ2v) is 7.35. The molecule has 1 aromatic carbocycles. The number of hydrogen-bond acceptors (Lipinski definition) is 4. The normalized spacial score (nSPS) is 12.0. The van der Waals surface area contributed by atoms with E-state index < -0.39 is 7.60 Å². The molecule has 0 bridgehead atoms. The summed E-state index contributed by atoms with van der Waals surface area (Å²) >= 11 is 12.0. The van der Waals surface area contributed by atoms with E-state index in [1.54, 1.807) is 32.0 Å². The molecule has 2 rings (SSSR count). The Morgan fingerprint density at radius 1 is 1.09 bits per heavy atom. The van der Waals surface area contributed by atoms with E-state index in [0.29, 0.717) is 20.9 Å². The van der Waals surface area contributed by atoms with Crippen LogP contribution in [-0.4, -0.2) is 17.8 Å². The van der Waals surface area contributed by atoms with Crippen molar-refractivity contribution in [1.29, 1.82) is 0 Å². The van der Waals surface area contributed by atoms with Crippen LogP contribution in [0.3, 0.4) is 0 Å². The summed E-state index contributed by atoms with van der Waals surface area (Å²) in [5, 5.41) is 1.42. The van der Waals surface area contributed by atoms with Crippen LogP contribution in [-0.2, 0) is 19.9 Å². The number of rotatable bonds is 6. The summed E-state index contributed by atoms with van der Waals surface area (Å²) in [6.07, 6.45) is -0.178. The van der Waals surface area contributed by atoms with E-state index in [9.17, 15) is 9.36 Å². The Labute approximate surface area is 138 Å². The Hall–Kier alpha value is -0.840. The molecule has 0 radical (unpaired) electrons. The molecular formula is C14H16Cl2NO4P. The molecule has 0 saturated heterocycles. The Bertz CT molecular complexity index is 780. The molecule has 0 unspecified atom stereocenters. The van der Waals surface area contributed by atoms with Gasteiger partial charge in [0.1, 0.15) is 6.29 Å². The van der Waals surface area contributed by atoms with Crippen LogP contribution in [0, 0.1) is 0 Å². The van der Waals surface area contributed by atoms with Crippen molar-refractivity contribution in [3.63, 3.8) is 0 Å². The fourth-order valence-corrected chi connectivity index (χ4v) is 4.11. The van der Waals surface area contributed by atoms with Gasteiger partial charge in [0.15, 0.2) is 0 Å². The van der Waals surface area contributed by atoms with Gasteiger partial charge in [-0.15, -0.1) is 0 Å². The van der Waals surface area contributed by atoms with Crippen LogP contribution >= 0.6 is 30.8 Å². The number of nitrogens with zero attached hydrogens (tertiary/aromatic N) is 1. The predicted octanol–water partition coefficient (Wildman–Crippen LogP) is 4.53. The lowest BCUT2D eigenvalue weighted by atomic mass is 10.2. The van der Waals surface area contributed by atoms with E-state index >= 15 is 0 Å². The molecule has 0 aliphatic heterocycles. The third-order valence-corrected chi connectivity index (χ3v) is 5.65. The molecule has 0 saturated carbocycles. The van der Waals surface area contributed by atoms with Gasteiger partial charge in [0.25, 0.3) is 5.56 Å². The van der Waals surface area contributed by atoms with Crippen molar-refractivity contribution in [2.45, 2.75) is 20.1 Å². The molecule has 22 heavy (non-hydrogen) atoms. The Morgan fingerprint density at radius 2 is 1.68 bits per heavy atom. The Balaban J connectivity index is 2.59. The average Bonchev–Trinajstić information content (AvgIpc) is 2.45. The van der Waals surface area contributed by atoms with Gasteiger partial charge in [-0.3, -0.25) is 13.9 Å². The molecule has 8 heteroatoms. The summed E-state index contributed by atoms with van der Waals surface area (Å²) in [5.74, 6) is 0. The highest BCUT2D eigenvalue weighted by atomic mass is 35.5. The van der Waals surface area contributed by atoms with Gasteiger partial charge < -0.3 is 9.05 Å². The summed E-state index contributed by atoms with van der Waals surface area (Å²) < 4.78 is 24.5. The number of hydrogen-bond donors (Lipinski definition) is 0. The zero-order valence-electron chi connectivity index (χ0n) is 12.2. The van der Waals surface area contributed by atoms with Gasteiger partial charge in [-0.05, 0) is 32.0 Å². The van der Waals surface area contributed by atoms with Crippen LogP contribution < -0.4 is 5.56 Å². The molecule has 2 aromatic rings. The minimum Gasteiger partial charge on any atom is -0.308 e. The molecule has 0 N–H and O–H groups in total. The van der Waals surface area contributed by atoms with E-state index in [2.05, 4.69) is 0 Å². The fourth-order valence-electron chi connectivity index (χ4n) is 2.12. The summed E-state index contributed by atoms with van der Waals surface area (Å²) in [4.78, 5) is 12.2. The molecule has 0 spiro atoms. The lowest BCUT2D eigenvalue weighted by Crippen LogP contribution is -2.20. The number of halogens is 2. The van der Waals surface area contributed by atoms with Crippen molar-refractivity contribution in [3.8, 4) is 0 Å². The molecule has 0 aliphatic carbocycles. The van der Waals surface area contributed by atoms with Gasteiger partial charge in [-0.25, -0.2) is 0 Å². The van der Waals surface area contributed by atoms with E-state index in [4.69, 9.17) is 32.2 Å². The van der Waals surface area contributed by atoms with Crippen LogP contribution in [0.15, 0.2) is 29.1 Å². The van der Waals surface area contributed by atoms with Crippen molar-refractivity contribution >= 4 is 41.7 Å². The lowest BCUT2D eigenvalue weighted by molar-refractivity contribution is 0.214. The van der Waals surface area contributed by atoms with Gasteiger partial charge in [-0.1, -0.05) is 23.2 Å². The molecule has 0 fully saturated rings. The van der Waals surface area contributed by atoms with Crippen LogP contribution in [0.5, 0.6) is 0 Å². The van der Waals surface area contributed by atoms with Crippen molar-refractivity contribution in [3.05, 3.63) is 44.7 Å². The molecule has 1 heterocycles. The van der Waals surface area contributed by atoms with E-state index in [0.717, 1.165) is 0 Å². The summed E-state index contributed by atoms with van der Waals surface area (Å²) in [7, 11) is -3.41. The topological polar surface area (TPSA) is 57.5 Å². The summed E-state index contributed by atoms with van der Waals surface area (Å²) in [6.45, 7) is 3.88. The van der Waals surface area contributed by atoms with Crippen LogP contribution in [0.2, 0.25) is 10.0 Å². The first kappa shape index (κ1) is 17.5. The smallest absolute Gasteiger partial charge is 0.308 e. The highest BCUT2D eigenvalue weighted by Gasteiger charge is 2.25. The zero-order chi connectivity index (χ0) is 16.3. The maximum Gasteiger partial charge on any atom is 0.350 e. The van der Waals surface area contributed by atoms with Gasteiger partial charge >= 0.3 is 7.60 Å². The number of pyridine rings is 1. The van der Waals surface area contributed by atoms with Crippen LogP contribution in [0.1, 0.15) is 13.8 Å². The molecule has 120 valence electrons. The first-order valence-corrected chi connectivity index (χ1v) is 9.25. The summed E-state index contributed by atoms with van der Waals surface area (Å²) in [6, 6.07) is 6.25. The molecule has 5 nitrogen and oxygen atoms in total. The van der Waals surface area contributed by atoms with Crippen molar-refractivity contribution < 1.29 is 13.6 Å². The van der Waals surface area contributed by atoms with Gasteiger partial charge in [-0.2, -0.15) is 0 Å².